The maximum Gasteiger partial charge on any atom is 0.306 e. The summed E-state index contributed by atoms with van der Waals surface area (Å²) < 4.78 is 0. The number of carboxylic acids is 1. The Hall–Kier alpha value is -0.790. The minimum atomic E-state index is -0.685. The van der Waals surface area contributed by atoms with Crippen LogP contribution >= 0.6 is 0 Å². The number of carbonyl (C=O) groups is 1. The van der Waals surface area contributed by atoms with Crippen LogP contribution in [0, 0.1) is 11.8 Å². The van der Waals surface area contributed by atoms with Crippen LogP contribution in [0.25, 0.3) is 0 Å². The molecule has 0 aromatic rings. The molecule has 1 aliphatic rings. The van der Waals surface area contributed by atoms with Gasteiger partial charge in [0.25, 0.3) is 0 Å². The molecule has 0 saturated heterocycles. The minimum Gasteiger partial charge on any atom is -0.481 e. The van der Waals surface area contributed by atoms with Crippen LogP contribution < -0.4 is 0 Å². The fourth-order valence-electron chi connectivity index (χ4n) is 1.63. The molecule has 0 radical (unpaired) electrons. The van der Waals surface area contributed by atoms with Gasteiger partial charge in [0.1, 0.15) is 0 Å². The fourth-order valence-corrected chi connectivity index (χ4v) is 1.63. The summed E-state index contributed by atoms with van der Waals surface area (Å²) in [7, 11) is 0. The normalized spacial score (nSPS) is 25.2. The van der Waals surface area contributed by atoms with Crippen LogP contribution in [0.15, 0.2) is 11.6 Å². The highest BCUT2D eigenvalue weighted by atomic mass is 16.4. The van der Waals surface area contributed by atoms with E-state index in [1.165, 1.54) is 12.0 Å². The Bertz CT molecular complexity index is 206. The molecule has 12 heavy (non-hydrogen) atoms. The van der Waals surface area contributed by atoms with Gasteiger partial charge >= 0.3 is 5.97 Å². The first-order chi connectivity index (χ1) is 5.59. The molecule has 2 atom stereocenters. The first-order valence-electron chi connectivity index (χ1n) is 4.52. The van der Waals surface area contributed by atoms with Gasteiger partial charge in [-0.2, -0.15) is 0 Å². The molecule has 2 nitrogen and oxygen atoms in total. The highest BCUT2D eigenvalue weighted by Crippen LogP contribution is 2.28. The molecule has 1 unspecified atom stereocenters. The molecule has 68 valence electrons. The average molecular weight is 168 g/mol. The zero-order chi connectivity index (χ0) is 9.14. The van der Waals surface area contributed by atoms with Crippen molar-refractivity contribution in [2.45, 2.75) is 33.1 Å². The second-order valence-electron chi connectivity index (χ2n) is 3.78. The van der Waals surface area contributed by atoms with Gasteiger partial charge < -0.3 is 5.11 Å². The molecule has 0 bridgehead atoms. The smallest absolute Gasteiger partial charge is 0.306 e. The molecule has 0 aromatic heterocycles. The summed E-state index contributed by atoms with van der Waals surface area (Å²) in [5, 5.41) is 8.68. The van der Waals surface area contributed by atoms with Crippen molar-refractivity contribution in [3.8, 4) is 0 Å². The quantitative estimate of drug-likeness (QED) is 0.657. The topological polar surface area (TPSA) is 37.3 Å². The van der Waals surface area contributed by atoms with E-state index in [4.69, 9.17) is 5.11 Å². The molecule has 0 amide bonds. The van der Waals surface area contributed by atoms with Crippen molar-refractivity contribution in [3.63, 3.8) is 0 Å². The Balaban J connectivity index is 2.41. The van der Waals surface area contributed by atoms with Gasteiger partial charge in [0.2, 0.25) is 0 Å². The Morgan fingerprint density at radius 3 is 2.92 bits per heavy atom. The zero-order valence-corrected chi connectivity index (χ0v) is 7.71. The lowest BCUT2D eigenvalue weighted by atomic mass is 10.0. The van der Waals surface area contributed by atoms with E-state index in [1.807, 2.05) is 0 Å². The molecule has 0 fully saturated rings. The zero-order valence-electron chi connectivity index (χ0n) is 7.71. The van der Waals surface area contributed by atoms with E-state index >= 15 is 0 Å². The Labute approximate surface area is 73.3 Å². The highest BCUT2D eigenvalue weighted by Gasteiger charge is 2.17. The molecule has 1 N–H and O–H groups in total. The van der Waals surface area contributed by atoms with Crippen LogP contribution in [0.3, 0.4) is 0 Å². The van der Waals surface area contributed by atoms with Gasteiger partial charge in [0.05, 0.1) is 5.92 Å². The Morgan fingerprint density at radius 1 is 1.83 bits per heavy atom. The summed E-state index contributed by atoms with van der Waals surface area (Å²) in [5.41, 5.74) is 1.33. The summed E-state index contributed by atoms with van der Waals surface area (Å²) in [6.07, 6.45) is 5.25. The van der Waals surface area contributed by atoms with Crippen molar-refractivity contribution >= 4 is 5.97 Å². The first kappa shape index (κ1) is 9.30. The fraction of sp³-hybridized carbons (Fsp3) is 0.700. The van der Waals surface area contributed by atoms with Crippen LogP contribution in [0.1, 0.15) is 33.1 Å². The molecule has 0 aliphatic heterocycles. The lowest BCUT2D eigenvalue weighted by Crippen LogP contribution is -2.09. The third-order valence-electron chi connectivity index (χ3n) is 2.43. The van der Waals surface area contributed by atoms with Crippen LogP contribution in [0.5, 0.6) is 0 Å². The maximum atomic E-state index is 10.5. The molecule has 2 heteroatoms. The lowest BCUT2D eigenvalue weighted by molar-refractivity contribution is -0.141. The van der Waals surface area contributed by atoms with Crippen molar-refractivity contribution in [2.24, 2.45) is 11.8 Å². The van der Waals surface area contributed by atoms with E-state index in [2.05, 4.69) is 13.0 Å². The molecule has 0 spiro atoms. The standard InChI is InChI=1S/C10H16O2/c1-7-3-4-9(5-7)6-8(2)10(11)12/h5,7-8H,3-4,6H2,1-2H3,(H,11,12)/t7?,8-/m0/s1. The van der Waals surface area contributed by atoms with E-state index in [0.29, 0.717) is 5.92 Å². The van der Waals surface area contributed by atoms with Crippen molar-refractivity contribution in [1.29, 1.82) is 0 Å². The van der Waals surface area contributed by atoms with Crippen molar-refractivity contribution < 1.29 is 9.90 Å². The van der Waals surface area contributed by atoms with Gasteiger partial charge in [0.15, 0.2) is 0 Å². The van der Waals surface area contributed by atoms with Crippen LogP contribution in [-0.4, -0.2) is 11.1 Å². The molecule has 0 saturated carbocycles. The highest BCUT2D eigenvalue weighted by molar-refractivity contribution is 5.69. The van der Waals surface area contributed by atoms with E-state index in [1.54, 1.807) is 6.92 Å². The van der Waals surface area contributed by atoms with E-state index in [9.17, 15) is 4.79 Å². The summed E-state index contributed by atoms with van der Waals surface area (Å²) in [4.78, 5) is 10.5. The number of hydrogen-bond donors (Lipinski definition) is 1. The summed E-state index contributed by atoms with van der Waals surface area (Å²) in [6.45, 7) is 3.95. The Kier molecular flexibility index (Phi) is 2.90. The number of allylic oxidation sites excluding steroid dienone is 2. The molecular weight excluding hydrogens is 152 g/mol. The predicted octanol–water partition coefficient (Wildman–Crippen LogP) is 2.45. The number of rotatable bonds is 3. The lowest BCUT2D eigenvalue weighted by Gasteiger charge is -2.05. The van der Waals surface area contributed by atoms with E-state index in [0.717, 1.165) is 12.8 Å². The Morgan fingerprint density at radius 2 is 2.50 bits per heavy atom. The van der Waals surface area contributed by atoms with Crippen LogP contribution in [0.2, 0.25) is 0 Å². The van der Waals surface area contributed by atoms with Gasteiger partial charge in [-0.05, 0) is 25.2 Å². The largest absolute Gasteiger partial charge is 0.481 e. The average Bonchev–Trinajstić information content (AvgIpc) is 2.35. The molecule has 1 rings (SSSR count). The number of hydrogen-bond acceptors (Lipinski definition) is 1. The maximum absolute atomic E-state index is 10.5. The summed E-state index contributed by atoms with van der Waals surface area (Å²) in [5.74, 6) is -0.252. The second-order valence-corrected chi connectivity index (χ2v) is 3.78. The first-order valence-corrected chi connectivity index (χ1v) is 4.52. The predicted molar refractivity (Wildman–Crippen MR) is 47.9 cm³/mol. The van der Waals surface area contributed by atoms with Gasteiger partial charge in [-0.3, -0.25) is 4.79 Å². The third-order valence-corrected chi connectivity index (χ3v) is 2.43. The van der Waals surface area contributed by atoms with Gasteiger partial charge in [0, 0.05) is 0 Å². The van der Waals surface area contributed by atoms with Crippen molar-refractivity contribution in [2.75, 3.05) is 0 Å². The minimum absolute atomic E-state index is 0.221. The molecule has 0 heterocycles. The SMILES string of the molecule is CC1C=C(C[C@H](C)C(=O)O)CC1. The molecule has 0 aromatic carbocycles. The van der Waals surface area contributed by atoms with Gasteiger partial charge in [-0.15, -0.1) is 0 Å². The number of aliphatic carboxylic acids is 1. The summed E-state index contributed by atoms with van der Waals surface area (Å²) >= 11 is 0. The molecular formula is C10H16O2. The monoisotopic (exact) mass is 168 g/mol. The van der Waals surface area contributed by atoms with Crippen LogP contribution in [0.4, 0.5) is 0 Å². The van der Waals surface area contributed by atoms with Crippen molar-refractivity contribution in [3.05, 3.63) is 11.6 Å². The third kappa shape index (κ3) is 2.36. The number of carboxylic acid groups (broad SMARTS) is 1. The van der Waals surface area contributed by atoms with Crippen LogP contribution in [-0.2, 0) is 4.79 Å². The molecule has 1 aliphatic carbocycles. The van der Waals surface area contributed by atoms with Gasteiger partial charge in [-0.1, -0.05) is 25.5 Å². The van der Waals surface area contributed by atoms with Crippen molar-refractivity contribution in [1.82, 2.24) is 0 Å². The second kappa shape index (κ2) is 3.74. The summed E-state index contributed by atoms with van der Waals surface area (Å²) in [6, 6.07) is 0. The van der Waals surface area contributed by atoms with E-state index < -0.39 is 5.97 Å². The van der Waals surface area contributed by atoms with Gasteiger partial charge in [-0.25, -0.2) is 0 Å². The van der Waals surface area contributed by atoms with E-state index in [-0.39, 0.29) is 5.92 Å².